The number of carbonyl (C=O) groups is 1. The zero-order valence-electron chi connectivity index (χ0n) is 16.8. The summed E-state index contributed by atoms with van der Waals surface area (Å²) >= 11 is 0. The molecule has 1 saturated heterocycles. The highest BCUT2D eigenvalue weighted by Crippen LogP contribution is 2.53. The van der Waals surface area contributed by atoms with Crippen molar-refractivity contribution in [2.45, 2.75) is 37.0 Å². The Bertz CT molecular complexity index is 1140. The second kappa shape index (κ2) is 6.28. The lowest BCUT2D eigenvalue weighted by molar-refractivity contribution is -0.175. The van der Waals surface area contributed by atoms with Gasteiger partial charge in [-0.2, -0.15) is 5.26 Å². The van der Waals surface area contributed by atoms with Crippen LogP contribution in [0.2, 0.25) is 0 Å². The van der Waals surface area contributed by atoms with Crippen LogP contribution in [0.25, 0.3) is 11.1 Å². The monoisotopic (exact) mass is 403 g/mol. The summed E-state index contributed by atoms with van der Waals surface area (Å²) in [5, 5.41) is 9.21. The number of amides is 1. The molecule has 1 fully saturated rings. The van der Waals surface area contributed by atoms with Gasteiger partial charge in [-0.3, -0.25) is 14.7 Å². The second-order valence-corrected chi connectivity index (χ2v) is 8.15. The minimum absolute atomic E-state index is 0.155. The Morgan fingerprint density at radius 1 is 1.30 bits per heavy atom. The lowest BCUT2D eigenvalue weighted by Gasteiger charge is -2.51. The smallest absolute Gasteiger partial charge is 0.264 e. The van der Waals surface area contributed by atoms with Gasteiger partial charge in [-0.1, -0.05) is 6.07 Å². The van der Waals surface area contributed by atoms with E-state index in [1.165, 1.54) is 11.1 Å². The molecular weight excluding hydrogens is 382 g/mol. The molecule has 1 aromatic carbocycles. The normalized spacial score (nSPS) is 29.6. The van der Waals surface area contributed by atoms with Gasteiger partial charge in [0.2, 0.25) is 5.54 Å². The highest BCUT2D eigenvalue weighted by atomic mass is 16.6. The van der Waals surface area contributed by atoms with E-state index in [0.29, 0.717) is 23.5 Å². The van der Waals surface area contributed by atoms with Crippen molar-refractivity contribution in [3.05, 3.63) is 47.8 Å². The van der Waals surface area contributed by atoms with Crippen LogP contribution in [0.1, 0.15) is 30.9 Å². The van der Waals surface area contributed by atoms with Gasteiger partial charge in [0.05, 0.1) is 5.56 Å². The van der Waals surface area contributed by atoms with Gasteiger partial charge in [0.25, 0.3) is 5.91 Å². The molecule has 5 rings (SSSR count). The standard InChI is InChI=1S/C22H21N5O3/c1-21-6-3-7-29-18(21)22(19(28)27(2)20(24)26-22)16-9-14(4-5-17(16)30-21)15-8-13(10-23)11-25-12-15/h4-5,8-9,11-12,18H,3,6-7H2,1-2H3,(H2,24,26)/t18-,21-,22+/m1/s1. The molecule has 3 aliphatic rings. The number of guanidine groups is 1. The molecule has 0 unspecified atom stereocenters. The Labute approximate surface area is 173 Å². The van der Waals surface area contributed by atoms with Gasteiger partial charge in [-0.05, 0) is 43.5 Å². The van der Waals surface area contributed by atoms with Gasteiger partial charge in [0, 0.05) is 37.2 Å². The molecule has 3 aliphatic heterocycles. The lowest BCUT2D eigenvalue weighted by Crippen LogP contribution is -2.64. The zero-order chi connectivity index (χ0) is 21.1. The third-order valence-electron chi connectivity index (χ3n) is 6.24. The average molecular weight is 403 g/mol. The van der Waals surface area contributed by atoms with E-state index < -0.39 is 17.2 Å². The van der Waals surface area contributed by atoms with E-state index in [4.69, 9.17) is 15.2 Å². The Kier molecular flexibility index (Phi) is 3.89. The first-order valence-corrected chi connectivity index (χ1v) is 9.83. The van der Waals surface area contributed by atoms with Crippen molar-refractivity contribution >= 4 is 11.9 Å². The number of hydrogen-bond donors (Lipinski definition) is 1. The number of nitriles is 1. The number of benzene rings is 1. The van der Waals surface area contributed by atoms with Gasteiger partial charge >= 0.3 is 0 Å². The van der Waals surface area contributed by atoms with Gasteiger partial charge in [-0.15, -0.1) is 0 Å². The molecular formula is C22H21N5O3. The summed E-state index contributed by atoms with van der Waals surface area (Å²) in [5.41, 5.74) is 6.73. The SMILES string of the molecule is CN1C(=O)[C@]2(N=C1N)c1cc(-c3cncc(C#N)c3)ccc1O[C@]1(C)CCCO[C@H]12. The summed E-state index contributed by atoms with van der Waals surface area (Å²) < 4.78 is 12.5. The first-order chi connectivity index (χ1) is 14.4. The molecule has 1 aromatic heterocycles. The van der Waals surface area contributed by atoms with E-state index in [9.17, 15) is 10.1 Å². The van der Waals surface area contributed by atoms with Crippen LogP contribution in [0.15, 0.2) is 41.7 Å². The number of nitrogens with two attached hydrogens (primary N) is 1. The van der Waals surface area contributed by atoms with Crippen molar-refractivity contribution in [2.24, 2.45) is 10.7 Å². The summed E-state index contributed by atoms with van der Waals surface area (Å²) in [4.78, 5) is 23.7. The Balaban J connectivity index is 1.75. The maximum atomic E-state index is 13.5. The molecule has 8 heteroatoms. The van der Waals surface area contributed by atoms with Crippen molar-refractivity contribution in [1.82, 2.24) is 9.88 Å². The van der Waals surface area contributed by atoms with Crippen molar-refractivity contribution in [1.29, 1.82) is 5.26 Å². The maximum absolute atomic E-state index is 13.5. The Hall–Kier alpha value is -3.44. The van der Waals surface area contributed by atoms with Crippen LogP contribution < -0.4 is 10.5 Å². The highest BCUT2D eigenvalue weighted by molar-refractivity contribution is 6.08. The molecule has 0 aliphatic carbocycles. The number of aromatic nitrogens is 1. The van der Waals surface area contributed by atoms with Gasteiger partial charge in [-0.25, -0.2) is 4.99 Å². The second-order valence-electron chi connectivity index (χ2n) is 8.15. The Morgan fingerprint density at radius 2 is 2.13 bits per heavy atom. The molecule has 3 atom stereocenters. The summed E-state index contributed by atoms with van der Waals surface area (Å²) in [7, 11) is 1.62. The number of aliphatic imine (C=N–C) groups is 1. The first-order valence-electron chi connectivity index (χ1n) is 9.83. The van der Waals surface area contributed by atoms with E-state index in [0.717, 1.165) is 24.0 Å². The molecule has 30 heavy (non-hydrogen) atoms. The summed E-state index contributed by atoms with van der Waals surface area (Å²) in [6, 6.07) is 9.48. The van der Waals surface area contributed by atoms with E-state index in [1.54, 1.807) is 19.3 Å². The number of pyridine rings is 1. The van der Waals surface area contributed by atoms with Crippen LogP contribution in [-0.4, -0.2) is 47.1 Å². The van der Waals surface area contributed by atoms with Gasteiger partial charge < -0.3 is 15.2 Å². The highest BCUT2D eigenvalue weighted by Gasteiger charge is 2.65. The Morgan fingerprint density at radius 3 is 2.87 bits per heavy atom. The lowest BCUT2D eigenvalue weighted by atomic mass is 9.71. The number of likely N-dealkylation sites (N-methyl/N-ethyl adjacent to an activating group) is 1. The summed E-state index contributed by atoms with van der Waals surface area (Å²) in [6.45, 7) is 2.49. The van der Waals surface area contributed by atoms with Crippen molar-refractivity contribution in [2.75, 3.05) is 13.7 Å². The van der Waals surface area contributed by atoms with E-state index in [1.807, 2.05) is 25.1 Å². The molecule has 2 N–H and O–H groups in total. The van der Waals surface area contributed by atoms with E-state index >= 15 is 0 Å². The van der Waals surface area contributed by atoms with Crippen LogP contribution in [0.3, 0.4) is 0 Å². The quantitative estimate of drug-likeness (QED) is 0.778. The number of ether oxygens (including phenoxy) is 2. The number of rotatable bonds is 1. The number of nitrogens with zero attached hydrogens (tertiary/aromatic N) is 4. The molecule has 8 nitrogen and oxygen atoms in total. The molecule has 152 valence electrons. The van der Waals surface area contributed by atoms with Crippen LogP contribution in [-0.2, 0) is 15.1 Å². The predicted molar refractivity (Wildman–Crippen MR) is 108 cm³/mol. The van der Waals surface area contributed by atoms with Crippen molar-refractivity contribution < 1.29 is 14.3 Å². The minimum Gasteiger partial charge on any atom is -0.484 e. The van der Waals surface area contributed by atoms with Crippen LogP contribution in [0.4, 0.5) is 0 Å². The van der Waals surface area contributed by atoms with Crippen molar-refractivity contribution in [3.63, 3.8) is 0 Å². The zero-order valence-corrected chi connectivity index (χ0v) is 16.8. The van der Waals surface area contributed by atoms with Crippen LogP contribution >= 0.6 is 0 Å². The fourth-order valence-corrected chi connectivity index (χ4v) is 4.76. The van der Waals surface area contributed by atoms with Crippen LogP contribution in [0.5, 0.6) is 5.75 Å². The number of fused-ring (bicyclic) bond motifs is 4. The fourth-order valence-electron chi connectivity index (χ4n) is 4.76. The molecule has 0 saturated carbocycles. The average Bonchev–Trinajstić information content (AvgIpc) is 2.98. The summed E-state index contributed by atoms with van der Waals surface area (Å²) in [5.74, 6) is 0.513. The third-order valence-corrected chi connectivity index (χ3v) is 6.24. The maximum Gasteiger partial charge on any atom is 0.264 e. The summed E-state index contributed by atoms with van der Waals surface area (Å²) in [6.07, 6.45) is 4.18. The minimum atomic E-state index is -1.31. The van der Waals surface area contributed by atoms with Gasteiger partial charge in [0.1, 0.15) is 23.5 Å². The molecule has 0 bridgehead atoms. The number of carbonyl (C=O) groups excluding carboxylic acids is 1. The number of hydrogen-bond acceptors (Lipinski definition) is 7. The van der Waals surface area contributed by atoms with E-state index in [-0.39, 0.29) is 11.9 Å². The first kappa shape index (κ1) is 18.6. The topological polar surface area (TPSA) is 114 Å². The van der Waals surface area contributed by atoms with Gasteiger partial charge in [0.15, 0.2) is 5.96 Å². The fraction of sp³-hybridized carbons (Fsp3) is 0.364. The van der Waals surface area contributed by atoms with Crippen molar-refractivity contribution in [3.8, 4) is 22.9 Å². The largest absolute Gasteiger partial charge is 0.484 e. The third kappa shape index (κ3) is 2.39. The molecule has 1 spiro atoms. The molecule has 1 amide bonds. The molecule has 0 radical (unpaired) electrons. The van der Waals surface area contributed by atoms with E-state index in [2.05, 4.69) is 16.0 Å². The molecule has 2 aromatic rings. The predicted octanol–water partition coefficient (Wildman–Crippen LogP) is 1.93. The molecule has 4 heterocycles. The van der Waals surface area contributed by atoms with Crippen LogP contribution in [0, 0.1) is 11.3 Å².